The normalized spacial score (nSPS) is 48.8. The van der Waals surface area contributed by atoms with E-state index in [0.29, 0.717) is 29.1 Å². The zero-order chi connectivity index (χ0) is 18.5. The molecule has 2 heteroatoms. The van der Waals surface area contributed by atoms with Crippen LogP contribution in [0.3, 0.4) is 0 Å². The van der Waals surface area contributed by atoms with E-state index in [1.54, 1.807) is 0 Å². The van der Waals surface area contributed by atoms with Gasteiger partial charge in [-0.1, -0.05) is 33.6 Å². The van der Waals surface area contributed by atoms with Crippen LogP contribution >= 0.6 is 0 Å². The van der Waals surface area contributed by atoms with Crippen LogP contribution in [0.1, 0.15) is 91.4 Å². The van der Waals surface area contributed by atoms with Crippen molar-refractivity contribution in [3.63, 3.8) is 0 Å². The molecule has 148 valence electrons. The highest BCUT2D eigenvalue weighted by Crippen LogP contribution is 2.68. The molecule has 0 unspecified atom stereocenters. The number of hydrogen-bond acceptors (Lipinski definition) is 2. The monoisotopic (exact) mass is 360 g/mol. The van der Waals surface area contributed by atoms with Crippen molar-refractivity contribution in [1.29, 1.82) is 0 Å². The first kappa shape index (κ1) is 18.8. The number of fused-ring (bicyclic) bond motifs is 5. The Balaban J connectivity index is 1.53. The summed E-state index contributed by atoms with van der Waals surface area (Å²) in [6.45, 7) is 7.57. The second-order valence-corrected chi connectivity index (χ2v) is 10.9. The Kier molecular flexibility index (Phi) is 4.93. The van der Waals surface area contributed by atoms with Gasteiger partial charge >= 0.3 is 5.97 Å². The van der Waals surface area contributed by atoms with Gasteiger partial charge in [0.2, 0.25) is 0 Å². The van der Waals surface area contributed by atoms with Crippen molar-refractivity contribution in [1.82, 2.24) is 0 Å². The molecule has 2 nitrogen and oxygen atoms in total. The van der Waals surface area contributed by atoms with Crippen LogP contribution in [0.15, 0.2) is 0 Å². The number of carbonyl (C=O) groups is 1. The van der Waals surface area contributed by atoms with Crippen LogP contribution in [-0.4, -0.2) is 13.1 Å². The van der Waals surface area contributed by atoms with E-state index >= 15 is 0 Å². The average molecular weight is 361 g/mol. The molecule has 4 aliphatic rings. The highest BCUT2D eigenvalue weighted by Gasteiger charge is 2.60. The SMILES string of the molecule is COC(=O)C[C@H](C)[C@H]1CC[C@H]2[C@@H]3CC[C@H]4CCCC[C@]4(C)[C@H]3CC[C@]12C. The second-order valence-electron chi connectivity index (χ2n) is 10.9. The van der Waals surface area contributed by atoms with E-state index in [2.05, 4.69) is 20.8 Å². The van der Waals surface area contributed by atoms with E-state index in [-0.39, 0.29) is 5.97 Å². The van der Waals surface area contributed by atoms with Gasteiger partial charge in [-0.3, -0.25) is 4.79 Å². The zero-order valence-electron chi connectivity index (χ0n) is 17.6. The van der Waals surface area contributed by atoms with Crippen LogP contribution in [0.4, 0.5) is 0 Å². The summed E-state index contributed by atoms with van der Waals surface area (Å²) in [5, 5.41) is 0. The minimum absolute atomic E-state index is 0.0199. The molecule has 0 aromatic rings. The lowest BCUT2D eigenvalue weighted by Gasteiger charge is -2.60. The van der Waals surface area contributed by atoms with E-state index in [4.69, 9.17) is 4.74 Å². The van der Waals surface area contributed by atoms with Gasteiger partial charge in [-0.2, -0.15) is 0 Å². The van der Waals surface area contributed by atoms with Gasteiger partial charge in [0.15, 0.2) is 0 Å². The predicted octanol–water partition coefficient (Wildman–Crippen LogP) is 6.23. The van der Waals surface area contributed by atoms with Gasteiger partial charge in [-0.15, -0.1) is 0 Å². The number of rotatable bonds is 3. The quantitative estimate of drug-likeness (QED) is 0.557. The third-order valence-electron chi connectivity index (χ3n) is 10.1. The molecule has 0 aromatic heterocycles. The van der Waals surface area contributed by atoms with Crippen LogP contribution in [0.2, 0.25) is 0 Å². The number of carbonyl (C=O) groups excluding carboxylic acids is 1. The predicted molar refractivity (Wildman–Crippen MR) is 106 cm³/mol. The maximum absolute atomic E-state index is 11.8. The fourth-order valence-corrected chi connectivity index (χ4v) is 8.76. The topological polar surface area (TPSA) is 26.3 Å². The Labute approximate surface area is 160 Å². The lowest BCUT2D eigenvalue weighted by atomic mass is 9.44. The Morgan fingerprint density at radius 2 is 1.73 bits per heavy atom. The molecule has 0 aromatic carbocycles. The van der Waals surface area contributed by atoms with Gasteiger partial charge < -0.3 is 4.74 Å². The van der Waals surface area contributed by atoms with Crippen molar-refractivity contribution >= 4 is 5.97 Å². The van der Waals surface area contributed by atoms with Crippen LogP contribution < -0.4 is 0 Å². The van der Waals surface area contributed by atoms with Crippen molar-refractivity contribution in [3.05, 3.63) is 0 Å². The smallest absolute Gasteiger partial charge is 0.305 e. The highest BCUT2D eigenvalue weighted by atomic mass is 16.5. The third kappa shape index (κ3) is 2.76. The molecule has 8 atom stereocenters. The summed E-state index contributed by atoms with van der Waals surface area (Å²) in [5.74, 6) is 5.02. The van der Waals surface area contributed by atoms with Crippen molar-refractivity contribution < 1.29 is 9.53 Å². The van der Waals surface area contributed by atoms with Gasteiger partial charge in [0.1, 0.15) is 0 Å². The van der Waals surface area contributed by atoms with E-state index in [1.807, 2.05) is 0 Å². The molecule has 0 aliphatic heterocycles. The molecule has 0 heterocycles. The maximum Gasteiger partial charge on any atom is 0.305 e. The van der Waals surface area contributed by atoms with Crippen molar-refractivity contribution in [2.45, 2.75) is 91.4 Å². The first-order valence-electron chi connectivity index (χ1n) is 11.5. The molecular weight excluding hydrogens is 320 g/mol. The molecule has 26 heavy (non-hydrogen) atoms. The molecule has 4 rings (SSSR count). The molecule has 4 saturated carbocycles. The summed E-state index contributed by atoms with van der Waals surface area (Å²) in [6, 6.07) is 0. The average Bonchev–Trinajstić information content (AvgIpc) is 2.98. The molecule has 0 amide bonds. The number of hydrogen-bond donors (Lipinski definition) is 0. The van der Waals surface area contributed by atoms with Crippen LogP contribution in [0.5, 0.6) is 0 Å². The lowest BCUT2D eigenvalue weighted by Crippen LogP contribution is -2.53. The minimum Gasteiger partial charge on any atom is -0.469 e. The molecular formula is C24H40O2. The van der Waals surface area contributed by atoms with E-state index in [9.17, 15) is 4.79 Å². The summed E-state index contributed by atoms with van der Waals surface area (Å²) in [6.07, 6.45) is 15.1. The van der Waals surface area contributed by atoms with Gasteiger partial charge in [0.05, 0.1) is 7.11 Å². The molecule has 0 radical (unpaired) electrons. The van der Waals surface area contributed by atoms with Crippen molar-refractivity contribution in [2.24, 2.45) is 46.3 Å². The fourth-order valence-electron chi connectivity index (χ4n) is 8.76. The molecule has 4 aliphatic carbocycles. The van der Waals surface area contributed by atoms with Gasteiger partial charge in [-0.25, -0.2) is 0 Å². The van der Waals surface area contributed by atoms with E-state index in [1.165, 1.54) is 71.3 Å². The summed E-state index contributed by atoms with van der Waals surface area (Å²) in [4.78, 5) is 11.8. The maximum atomic E-state index is 11.8. The Morgan fingerprint density at radius 1 is 0.962 bits per heavy atom. The van der Waals surface area contributed by atoms with Gasteiger partial charge in [0.25, 0.3) is 0 Å². The summed E-state index contributed by atoms with van der Waals surface area (Å²) in [7, 11) is 1.53. The molecule has 0 N–H and O–H groups in total. The van der Waals surface area contributed by atoms with Crippen molar-refractivity contribution in [3.8, 4) is 0 Å². The summed E-state index contributed by atoms with van der Waals surface area (Å²) in [5.41, 5.74) is 1.10. The van der Waals surface area contributed by atoms with Crippen LogP contribution in [0.25, 0.3) is 0 Å². The second kappa shape index (κ2) is 6.82. The Hall–Kier alpha value is -0.530. The molecule has 0 bridgehead atoms. The minimum atomic E-state index is -0.0199. The first-order chi connectivity index (χ1) is 12.4. The highest BCUT2D eigenvalue weighted by molar-refractivity contribution is 5.69. The number of methoxy groups -OCH3 is 1. The molecule has 0 saturated heterocycles. The number of ether oxygens (including phenoxy) is 1. The summed E-state index contributed by atoms with van der Waals surface area (Å²) < 4.78 is 4.97. The van der Waals surface area contributed by atoms with E-state index < -0.39 is 0 Å². The number of esters is 1. The van der Waals surface area contributed by atoms with Crippen LogP contribution in [-0.2, 0) is 9.53 Å². The fraction of sp³-hybridized carbons (Fsp3) is 0.958. The Bertz CT molecular complexity index is 542. The van der Waals surface area contributed by atoms with Gasteiger partial charge in [-0.05, 0) is 97.7 Å². The van der Waals surface area contributed by atoms with Gasteiger partial charge in [0, 0.05) is 6.42 Å². The molecule has 0 spiro atoms. The summed E-state index contributed by atoms with van der Waals surface area (Å²) >= 11 is 0. The molecule has 4 fully saturated rings. The zero-order valence-corrected chi connectivity index (χ0v) is 17.6. The van der Waals surface area contributed by atoms with E-state index in [0.717, 1.165) is 23.7 Å². The Morgan fingerprint density at radius 3 is 2.50 bits per heavy atom. The lowest BCUT2D eigenvalue weighted by molar-refractivity contribution is -0.143. The van der Waals surface area contributed by atoms with Crippen molar-refractivity contribution in [2.75, 3.05) is 7.11 Å². The third-order valence-corrected chi connectivity index (χ3v) is 10.1. The van der Waals surface area contributed by atoms with Crippen LogP contribution in [0, 0.1) is 46.3 Å². The first-order valence-corrected chi connectivity index (χ1v) is 11.5. The largest absolute Gasteiger partial charge is 0.469 e. The standard InChI is InChI=1S/C24H40O2/c1-16(15-22(25)26-4)19-10-11-20-18-9-8-17-7-5-6-13-23(17,2)21(18)12-14-24(19,20)3/h16-21H,5-15H2,1-4H3/t16-,17+,18-,19+,20-,21-,23-,24+/m0/s1.